The quantitative estimate of drug-likeness (QED) is 0.213. The first-order valence-corrected chi connectivity index (χ1v) is 13.9. The average Bonchev–Trinajstić information content (AvgIpc) is 2.87. The molecule has 0 heterocycles. The number of hydrogen-bond donors (Lipinski definition) is 3. The lowest BCUT2D eigenvalue weighted by molar-refractivity contribution is -0.142. The molecule has 0 aromatic heterocycles. The Balaban J connectivity index is 3.55. The van der Waals surface area contributed by atoms with E-state index in [0.717, 1.165) is 32.1 Å². The molecule has 0 radical (unpaired) electrons. The fourth-order valence-electron chi connectivity index (χ4n) is 4.07. The lowest BCUT2D eigenvalue weighted by Gasteiger charge is -2.35. The minimum atomic E-state index is -1.14. The van der Waals surface area contributed by atoms with Gasteiger partial charge in [0.2, 0.25) is 17.7 Å². The van der Waals surface area contributed by atoms with Gasteiger partial charge in [-0.1, -0.05) is 63.7 Å². The summed E-state index contributed by atoms with van der Waals surface area (Å²) in [7, 11) is 0. The van der Waals surface area contributed by atoms with Gasteiger partial charge in [-0.05, 0) is 51.7 Å². The summed E-state index contributed by atoms with van der Waals surface area (Å²) in [5.41, 5.74) is 5.59. The molecular weight excluding hydrogens is 496 g/mol. The van der Waals surface area contributed by atoms with Crippen molar-refractivity contribution in [2.24, 2.45) is 5.73 Å². The van der Waals surface area contributed by atoms with Gasteiger partial charge < -0.3 is 26.0 Å². The molecule has 1 rings (SSSR count). The van der Waals surface area contributed by atoms with Gasteiger partial charge in [0.05, 0.1) is 0 Å². The molecule has 39 heavy (non-hydrogen) atoms. The second-order valence-corrected chi connectivity index (χ2v) is 10.6. The van der Waals surface area contributed by atoms with Gasteiger partial charge in [-0.2, -0.15) is 0 Å². The van der Waals surface area contributed by atoms with Crippen LogP contribution in [0.2, 0.25) is 0 Å². The Morgan fingerprint density at radius 1 is 1.05 bits per heavy atom. The normalized spacial score (nSPS) is 12.5. The summed E-state index contributed by atoms with van der Waals surface area (Å²) in [6.07, 6.45) is 9.94. The number of primary amides is 1. The zero-order valence-electron chi connectivity index (χ0n) is 24.2. The van der Waals surface area contributed by atoms with Gasteiger partial charge in [-0.25, -0.2) is 4.79 Å². The van der Waals surface area contributed by atoms with Crippen molar-refractivity contribution in [3.8, 4) is 12.3 Å². The third-order valence-electron chi connectivity index (χ3n) is 6.00. The molecule has 0 spiro atoms. The second-order valence-electron chi connectivity index (χ2n) is 10.6. The summed E-state index contributed by atoms with van der Waals surface area (Å²) in [5, 5.41) is 5.55. The lowest BCUT2D eigenvalue weighted by atomic mass is 9.96. The van der Waals surface area contributed by atoms with E-state index in [1.165, 1.54) is 4.90 Å². The minimum absolute atomic E-state index is 0.0418. The van der Waals surface area contributed by atoms with Crippen molar-refractivity contribution in [3.63, 3.8) is 0 Å². The molecule has 0 saturated carbocycles. The Morgan fingerprint density at radius 3 is 2.31 bits per heavy atom. The number of carbonyl (C=O) groups is 4. The molecule has 1 aromatic rings. The molecule has 4 N–H and O–H groups in total. The van der Waals surface area contributed by atoms with Crippen LogP contribution in [0.4, 0.5) is 4.79 Å². The van der Waals surface area contributed by atoms with E-state index in [1.807, 2.05) is 6.92 Å². The number of terminal acetylenes is 1. The molecule has 0 bridgehead atoms. The van der Waals surface area contributed by atoms with Crippen LogP contribution in [0, 0.1) is 12.3 Å². The van der Waals surface area contributed by atoms with Gasteiger partial charge in [0.25, 0.3) is 0 Å². The Hall–Kier alpha value is -3.54. The van der Waals surface area contributed by atoms with Gasteiger partial charge in [-0.15, -0.1) is 6.42 Å². The number of amides is 4. The SMILES string of the molecule is C#Cc1ccccc1C(C(=O)NCCCC)N(CCCCCC)C(=O)C(CCC(N)=O)NC(=O)OC(C)(C)C. The van der Waals surface area contributed by atoms with Crippen LogP contribution < -0.4 is 16.4 Å². The molecule has 4 amide bonds. The summed E-state index contributed by atoms with van der Waals surface area (Å²) in [6.45, 7) is 9.93. The van der Waals surface area contributed by atoms with E-state index in [4.69, 9.17) is 16.9 Å². The van der Waals surface area contributed by atoms with Crippen molar-refractivity contribution >= 4 is 23.8 Å². The van der Waals surface area contributed by atoms with Gasteiger partial charge in [-0.3, -0.25) is 14.4 Å². The molecule has 0 fully saturated rings. The summed E-state index contributed by atoms with van der Waals surface area (Å²) >= 11 is 0. The van der Waals surface area contributed by atoms with Gasteiger partial charge in [0.15, 0.2) is 0 Å². The number of nitrogens with two attached hydrogens (primary N) is 1. The first-order valence-electron chi connectivity index (χ1n) is 13.9. The van der Waals surface area contributed by atoms with Crippen molar-refractivity contribution in [1.29, 1.82) is 0 Å². The highest BCUT2D eigenvalue weighted by Gasteiger charge is 2.37. The van der Waals surface area contributed by atoms with E-state index in [0.29, 0.717) is 24.1 Å². The maximum Gasteiger partial charge on any atom is 0.408 e. The van der Waals surface area contributed by atoms with Gasteiger partial charge in [0.1, 0.15) is 17.7 Å². The average molecular weight is 543 g/mol. The molecule has 2 unspecified atom stereocenters. The number of benzene rings is 1. The third kappa shape index (κ3) is 12.2. The van der Waals surface area contributed by atoms with Crippen molar-refractivity contribution < 1.29 is 23.9 Å². The molecule has 0 aliphatic rings. The maximum absolute atomic E-state index is 14.1. The number of ether oxygens (including phenoxy) is 1. The fourth-order valence-corrected chi connectivity index (χ4v) is 4.07. The van der Waals surface area contributed by atoms with Crippen molar-refractivity contribution in [3.05, 3.63) is 35.4 Å². The zero-order chi connectivity index (χ0) is 29.4. The number of rotatable bonds is 16. The predicted molar refractivity (Wildman–Crippen MR) is 152 cm³/mol. The number of alkyl carbamates (subject to hydrolysis) is 1. The van der Waals surface area contributed by atoms with Crippen LogP contribution in [-0.4, -0.2) is 53.4 Å². The highest BCUT2D eigenvalue weighted by molar-refractivity contribution is 5.92. The van der Waals surface area contributed by atoms with E-state index >= 15 is 0 Å². The van der Waals surface area contributed by atoms with Gasteiger partial charge in [0, 0.05) is 25.1 Å². The van der Waals surface area contributed by atoms with Crippen LogP contribution in [0.25, 0.3) is 0 Å². The van der Waals surface area contributed by atoms with Crippen LogP contribution in [0.15, 0.2) is 24.3 Å². The van der Waals surface area contributed by atoms with Crippen molar-refractivity contribution in [1.82, 2.24) is 15.5 Å². The molecule has 2 atom stereocenters. The molecule has 1 aromatic carbocycles. The number of carbonyl (C=O) groups excluding carboxylic acids is 4. The van der Waals surface area contributed by atoms with E-state index in [9.17, 15) is 19.2 Å². The molecule has 0 saturated heterocycles. The van der Waals surface area contributed by atoms with Gasteiger partial charge >= 0.3 is 6.09 Å². The van der Waals surface area contributed by atoms with Crippen LogP contribution >= 0.6 is 0 Å². The van der Waals surface area contributed by atoms with Crippen molar-refractivity contribution in [2.75, 3.05) is 13.1 Å². The molecule has 0 aliphatic heterocycles. The smallest absolute Gasteiger partial charge is 0.408 e. The third-order valence-corrected chi connectivity index (χ3v) is 6.00. The molecule has 9 nitrogen and oxygen atoms in total. The Bertz CT molecular complexity index is 996. The number of nitrogens with one attached hydrogen (secondary N) is 2. The summed E-state index contributed by atoms with van der Waals surface area (Å²) in [5.74, 6) is 1.14. The molecule has 216 valence electrons. The topological polar surface area (TPSA) is 131 Å². The standard InChI is InChI=1S/C30H46N4O5/c1-7-10-12-15-21-34(28(37)24(18-19-25(31)35)33-29(38)39-30(4,5)6)26(27(36)32-20-11-8-2)23-17-14-13-16-22(23)9-3/h3,13-14,16-17,24,26H,7-8,10-12,15,18-21H2,1-2,4-6H3,(H2,31,35)(H,32,36)(H,33,38). The number of nitrogens with zero attached hydrogens (tertiary/aromatic N) is 1. The Morgan fingerprint density at radius 2 is 1.72 bits per heavy atom. The first-order chi connectivity index (χ1) is 18.4. The van der Waals surface area contributed by atoms with Crippen molar-refractivity contribution in [2.45, 2.75) is 104 Å². The maximum atomic E-state index is 14.1. The monoisotopic (exact) mass is 542 g/mol. The van der Waals surface area contributed by atoms with Crippen LogP contribution in [0.5, 0.6) is 0 Å². The summed E-state index contributed by atoms with van der Waals surface area (Å²) in [4.78, 5) is 53.5. The summed E-state index contributed by atoms with van der Waals surface area (Å²) < 4.78 is 5.37. The minimum Gasteiger partial charge on any atom is -0.444 e. The van der Waals surface area contributed by atoms with Crippen LogP contribution in [-0.2, 0) is 19.1 Å². The van der Waals surface area contributed by atoms with E-state index < -0.39 is 35.6 Å². The van der Waals surface area contributed by atoms with E-state index in [1.54, 1.807) is 45.0 Å². The Labute approximate surface area is 233 Å². The summed E-state index contributed by atoms with van der Waals surface area (Å²) in [6, 6.07) is 4.85. The Kier molecular flexibility index (Phi) is 14.7. The molecular formula is C30H46N4O5. The lowest BCUT2D eigenvalue weighted by Crippen LogP contribution is -2.53. The van der Waals surface area contributed by atoms with Crippen LogP contribution in [0.3, 0.4) is 0 Å². The first kappa shape index (κ1) is 33.5. The highest BCUT2D eigenvalue weighted by Crippen LogP contribution is 2.27. The largest absolute Gasteiger partial charge is 0.444 e. The highest BCUT2D eigenvalue weighted by atomic mass is 16.6. The molecule has 9 heteroatoms. The predicted octanol–water partition coefficient (Wildman–Crippen LogP) is 4.19. The van der Waals surface area contributed by atoms with Crippen LogP contribution in [0.1, 0.15) is 103 Å². The van der Waals surface area contributed by atoms with E-state index in [-0.39, 0.29) is 25.3 Å². The zero-order valence-corrected chi connectivity index (χ0v) is 24.2. The number of unbranched alkanes of at least 4 members (excludes halogenated alkanes) is 4. The number of hydrogen-bond acceptors (Lipinski definition) is 5. The second kappa shape index (κ2) is 17.1. The fraction of sp³-hybridized carbons (Fsp3) is 0.600. The van der Waals surface area contributed by atoms with E-state index in [2.05, 4.69) is 23.5 Å². The molecule has 0 aliphatic carbocycles.